The summed E-state index contributed by atoms with van der Waals surface area (Å²) in [5.74, 6) is 6.22. The molecule has 3 rings (SSSR count). The Kier molecular flexibility index (Phi) is 5.57. The van der Waals surface area contributed by atoms with E-state index >= 15 is 0 Å². The highest BCUT2D eigenvalue weighted by molar-refractivity contribution is 5.88. The number of aliphatic hydroxyl groups excluding tert-OH is 1. The van der Waals surface area contributed by atoms with Gasteiger partial charge in [0.2, 0.25) is 0 Å². The van der Waals surface area contributed by atoms with E-state index in [0.29, 0.717) is 18.8 Å². The Labute approximate surface area is 154 Å². The average molecular weight is 371 g/mol. The second-order valence-electron chi connectivity index (χ2n) is 5.75. The smallest absolute Gasteiger partial charge is 0.379 e. The molecule has 0 aliphatic rings. The van der Waals surface area contributed by atoms with E-state index in [1.54, 1.807) is 6.07 Å². The van der Waals surface area contributed by atoms with Crippen LogP contribution in [0.15, 0.2) is 54.9 Å². The summed E-state index contributed by atoms with van der Waals surface area (Å²) in [7, 11) is 0. The highest BCUT2D eigenvalue weighted by Gasteiger charge is 2.40. The van der Waals surface area contributed by atoms with Crippen molar-refractivity contribution in [3.63, 3.8) is 0 Å². The Balaban J connectivity index is 1.67. The van der Waals surface area contributed by atoms with Gasteiger partial charge in [-0.3, -0.25) is 0 Å². The van der Waals surface area contributed by atoms with Crippen molar-refractivity contribution in [1.29, 1.82) is 0 Å². The summed E-state index contributed by atoms with van der Waals surface area (Å²) in [6.07, 6.45) is -5.42. The van der Waals surface area contributed by atoms with Crippen LogP contribution in [0.4, 0.5) is 19.0 Å². The van der Waals surface area contributed by atoms with Gasteiger partial charge in [0.05, 0.1) is 5.52 Å². The van der Waals surface area contributed by atoms with Crippen molar-refractivity contribution in [3.8, 4) is 11.8 Å². The van der Waals surface area contributed by atoms with Crippen LogP contribution >= 0.6 is 0 Å². The van der Waals surface area contributed by atoms with E-state index in [9.17, 15) is 18.3 Å². The van der Waals surface area contributed by atoms with Crippen LogP contribution in [0, 0.1) is 11.8 Å². The molecule has 0 saturated carbocycles. The number of nitrogens with zero attached hydrogens (tertiary/aromatic N) is 2. The first kappa shape index (κ1) is 18.7. The van der Waals surface area contributed by atoms with E-state index in [2.05, 4.69) is 27.1 Å². The summed E-state index contributed by atoms with van der Waals surface area (Å²) in [5.41, 5.74) is 0.734. The van der Waals surface area contributed by atoms with Crippen LogP contribution in [0.25, 0.3) is 10.9 Å². The summed E-state index contributed by atoms with van der Waals surface area (Å²) in [6, 6.07) is 13.3. The maximum absolute atomic E-state index is 12.8. The molecule has 0 aliphatic heterocycles. The first-order valence-corrected chi connectivity index (χ1v) is 8.23. The fourth-order valence-corrected chi connectivity index (χ4v) is 2.57. The number of aliphatic hydroxyl groups is 1. The average Bonchev–Trinajstić information content (AvgIpc) is 2.67. The van der Waals surface area contributed by atoms with Gasteiger partial charge in [-0.05, 0) is 18.2 Å². The highest BCUT2D eigenvalue weighted by atomic mass is 19.4. The summed E-state index contributed by atoms with van der Waals surface area (Å²) < 4.78 is 38.3. The number of rotatable bonds is 4. The molecule has 2 aromatic carbocycles. The summed E-state index contributed by atoms with van der Waals surface area (Å²) in [4.78, 5) is 8.38. The molecule has 1 aromatic heterocycles. The van der Waals surface area contributed by atoms with E-state index in [0.717, 1.165) is 10.9 Å². The SMILES string of the molecule is OC(c1ccccc1C#CCCNc1ncnc2ccccc12)C(F)(F)F. The van der Waals surface area contributed by atoms with Crippen molar-refractivity contribution in [2.45, 2.75) is 18.7 Å². The number of anilines is 1. The minimum Gasteiger partial charge on any atom is -0.379 e. The van der Waals surface area contributed by atoms with Crippen molar-refractivity contribution in [3.05, 3.63) is 66.0 Å². The molecule has 0 bridgehead atoms. The maximum atomic E-state index is 12.8. The Bertz CT molecular complexity index is 987. The van der Waals surface area contributed by atoms with Crippen LogP contribution in [0.5, 0.6) is 0 Å². The quantitative estimate of drug-likeness (QED) is 0.536. The molecule has 1 unspecified atom stereocenters. The summed E-state index contributed by atoms with van der Waals surface area (Å²) in [5, 5.41) is 13.5. The number of alkyl halides is 3. The first-order valence-electron chi connectivity index (χ1n) is 8.23. The van der Waals surface area contributed by atoms with Gasteiger partial charge < -0.3 is 10.4 Å². The molecule has 2 N–H and O–H groups in total. The van der Waals surface area contributed by atoms with Crippen LogP contribution in [0.3, 0.4) is 0 Å². The van der Waals surface area contributed by atoms with E-state index < -0.39 is 12.3 Å². The third kappa shape index (κ3) is 4.54. The van der Waals surface area contributed by atoms with Crippen molar-refractivity contribution in [2.75, 3.05) is 11.9 Å². The van der Waals surface area contributed by atoms with Gasteiger partial charge in [0.15, 0.2) is 6.10 Å². The fraction of sp³-hybridized carbons (Fsp3) is 0.200. The Hall–Kier alpha value is -3.11. The number of hydrogen-bond acceptors (Lipinski definition) is 4. The van der Waals surface area contributed by atoms with E-state index in [-0.39, 0.29) is 11.1 Å². The van der Waals surface area contributed by atoms with Crippen molar-refractivity contribution >= 4 is 16.7 Å². The molecule has 3 aromatic rings. The third-order valence-corrected chi connectivity index (χ3v) is 3.87. The second kappa shape index (κ2) is 8.06. The van der Waals surface area contributed by atoms with Gasteiger partial charge in [0.25, 0.3) is 0 Å². The predicted molar refractivity (Wildman–Crippen MR) is 97.0 cm³/mol. The van der Waals surface area contributed by atoms with Gasteiger partial charge in [-0.1, -0.05) is 42.2 Å². The lowest BCUT2D eigenvalue weighted by molar-refractivity contribution is -0.206. The van der Waals surface area contributed by atoms with E-state index in [4.69, 9.17) is 0 Å². The first-order chi connectivity index (χ1) is 13.0. The summed E-state index contributed by atoms with van der Waals surface area (Å²) in [6.45, 7) is 0.470. The Morgan fingerprint density at radius 1 is 1.04 bits per heavy atom. The molecule has 4 nitrogen and oxygen atoms in total. The van der Waals surface area contributed by atoms with Crippen molar-refractivity contribution in [1.82, 2.24) is 9.97 Å². The largest absolute Gasteiger partial charge is 0.418 e. The molecule has 0 amide bonds. The zero-order chi connectivity index (χ0) is 19.3. The molecule has 0 saturated heterocycles. The molecular formula is C20H16F3N3O. The number of benzene rings is 2. The second-order valence-corrected chi connectivity index (χ2v) is 5.75. The van der Waals surface area contributed by atoms with Crippen LogP contribution in [0.1, 0.15) is 23.7 Å². The number of nitrogens with one attached hydrogen (secondary N) is 1. The molecule has 7 heteroatoms. The minimum atomic E-state index is -4.73. The third-order valence-electron chi connectivity index (χ3n) is 3.87. The molecule has 0 fully saturated rings. The van der Waals surface area contributed by atoms with E-state index in [1.165, 1.54) is 24.5 Å². The monoisotopic (exact) mass is 371 g/mol. The number of para-hydroxylation sites is 1. The predicted octanol–water partition coefficient (Wildman–Crippen LogP) is 4.08. The van der Waals surface area contributed by atoms with Crippen LogP contribution in [-0.4, -0.2) is 27.8 Å². The molecule has 0 radical (unpaired) electrons. The van der Waals surface area contributed by atoms with Gasteiger partial charge in [0.1, 0.15) is 12.1 Å². The maximum Gasteiger partial charge on any atom is 0.418 e. The van der Waals surface area contributed by atoms with Gasteiger partial charge in [-0.15, -0.1) is 0 Å². The molecule has 0 aliphatic carbocycles. The molecular weight excluding hydrogens is 355 g/mol. The standard InChI is InChI=1S/C20H16F3N3O/c21-20(22,23)18(27)15-9-2-1-7-14(15)8-5-6-12-24-19-16-10-3-4-11-17(16)25-13-26-19/h1-4,7,9-11,13,18,27H,6,12H2,(H,24,25,26). The lowest BCUT2D eigenvalue weighted by Crippen LogP contribution is -2.21. The molecule has 0 spiro atoms. The normalized spacial score (nSPS) is 12.3. The molecule has 1 atom stereocenters. The minimum absolute atomic E-state index is 0.162. The van der Waals surface area contributed by atoms with Gasteiger partial charge in [-0.2, -0.15) is 13.2 Å². The molecule has 138 valence electrons. The number of hydrogen-bond donors (Lipinski definition) is 2. The van der Waals surface area contributed by atoms with Crippen molar-refractivity contribution in [2.24, 2.45) is 0 Å². The Morgan fingerprint density at radius 2 is 1.78 bits per heavy atom. The molecule has 27 heavy (non-hydrogen) atoms. The summed E-state index contributed by atoms with van der Waals surface area (Å²) >= 11 is 0. The van der Waals surface area contributed by atoms with Crippen LogP contribution in [-0.2, 0) is 0 Å². The molecule has 1 heterocycles. The zero-order valence-corrected chi connectivity index (χ0v) is 14.2. The zero-order valence-electron chi connectivity index (χ0n) is 14.2. The lowest BCUT2D eigenvalue weighted by atomic mass is 10.0. The fourth-order valence-electron chi connectivity index (χ4n) is 2.57. The van der Waals surface area contributed by atoms with Crippen molar-refractivity contribution < 1.29 is 18.3 Å². The van der Waals surface area contributed by atoms with Gasteiger partial charge in [-0.25, -0.2) is 9.97 Å². The number of halogens is 3. The Morgan fingerprint density at radius 3 is 2.59 bits per heavy atom. The van der Waals surface area contributed by atoms with Crippen LogP contribution in [0.2, 0.25) is 0 Å². The van der Waals surface area contributed by atoms with E-state index in [1.807, 2.05) is 24.3 Å². The van der Waals surface area contributed by atoms with Gasteiger partial charge >= 0.3 is 6.18 Å². The highest BCUT2D eigenvalue weighted by Crippen LogP contribution is 2.33. The van der Waals surface area contributed by atoms with Gasteiger partial charge in [0, 0.05) is 29.5 Å². The number of aromatic nitrogens is 2. The number of fused-ring (bicyclic) bond motifs is 1. The van der Waals surface area contributed by atoms with Crippen LogP contribution < -0.4 is 5.32 Å². The topological polar surface area (TPSA) is 58.0 Å². The lowest BCUT2D eigenvalue weighted by Gasteiger charge is -2.16.